The molecule has 0 aromatic heterocycles. The van der Waals surface area contributed by atoms with Crippen molar-refractivity contribution in [3.63, 3.8) is 0 Å². The number of nitrogens with one attached hydrogen (secondary N) is 1. The van der Waals surface area contributed by atoms with Crippen LogP contribution in [0.25, 0.3) is 5.57 Å². The molecule has 0 spiro atoms. The average Bonchev–Trinajstić information content (AvgIpc) is 2.99. The minimum absolute atomic E-state index is 0.158. The van der Waals surface area contributed by atoms with Gasteiger partial charge in [0.2, 0.25) is 0 Å². The van der Waals surface area contributed by atoms with Gasteiger partial charge in [0.15, 0.2) is 0 Å². The summed E-state index contributed by atoms with van der Waals surface area (Å²) in [7, 11) is 1.55. The van der Waals surface area contributed by atoms with E-state index in [4.69, 9.17) is 27.9 Å². The number of amides is 2. The number of halogens is 2. The highest BCUT2D eigenvalue weighted by Gasteiger charge is 2.40. The molecular weight excluding hydrogens is 435 g/mol. The van der Waals surface area contributed by atoms with Crippen LogP contribution in [0.2, 0.25) is 10.0 Å². The number of anilines is 2. The molecule has 3 aromatic rings. The lowest BCUT2D eigenvalue weighted by molar-refractivity contribution is -0.120. The van der Waals surface area contributed by atoms with Gasteiger partial charge in [-0.2, -0.15) is 0 Å². The molecule has 5 nitrogen and oxygen atoms in total. The Bertz CT molecular complexity index is 1200. The lowest BCUT2D eigenvalue weighted by atomic mass is 10.0. The van der Waals surface area contributed by atoms with Crippen molar-refractivity contribution in [3.05, 3.63) is 93.6 Å². The van der Waals surface area contributed by atoms with Gasteiger partial charge in [0.25, 0.3) is 11.8 Å². The maximum atomic E-state index is 13.4. The second kappa shape index (κ2) is 8.46. The molecule has 1 heterocycles. The van der Waals surface area contributed by atoms with Crippen LogP contribution >= 0.6 is 23.2 Å². The first kappa shape index (κ1) is 21.0. The summed E-state index contributed by atoms with van der Waals surface area (Å²) in [6.45, 7) is 1.93. The number of carbonyl (C=O) groups excluding carboxylic acids is 2. The number of aryl methyl sites for hydroxylation is 1. The Labute approximate surface area is 189 Å². The largest absolute Gasteiger partial charge is 0.495 e. The van der Waals surface area contributed by atoms with E-state index in [0.717, 1.165) is 10.5 Å². The average molecular weight is 453 g/mol. The van der Waals surface area contributed by atoms with E-state index in [0.29, 0.717) is 32.7 Å². The molecule has 4 rings (SSSR count). The number of hydrogen-bond donors (Lipinski definition) is 1. The van der Waals surface area contributed by atoms with E-state index >= 15 is 0 Å². The van der Waals surface area contributed by atoms with Gasteiger partial charge in [0.1, 0.15) is 11.4 Å². The fraction of sp³-hybridized carbons (Fsp3) is 0.0833. The molecule has 0 radical (unpaired) electrons. The molecule has 0 aliphatic carbocycles. The normalized spacial score (nSPS) is 13.7. The lowest BCUT2D eigenvalue weighted by Crippen LogP contribution is -2.32. The minimum Gasteiger partial charge on any atom is -0.495 e. The Morgan fingerprint density at radius 1 is 0.839 bits per heavy atom. The summed E-state index contributed by atoms with van der Waals surface area (Å²) in [4.78, 5) is 28.0. The van der Waals surface area contributed by atoms with Gasteiger partial charge >= 0.3 is 0 Å². The van der Waals surface area contributed by atoms with Crippen LogP contribution < -0.4 is 15.0 Å². The molecule has 0 fully saturated rings. The lowest BCUT2D eigenvalue weighted by Gasteiger charge is -2.16. The Kier molecular flexibility index (Phi) is 5.72. The van der Waals surface area contributed by atoms with E-state index in [1.165, 1.54) is 0 Å². The number of carbonyl (C=O) groups is 2. The number of imide groups is 1. The predicted molar refractivity (Wildman–Crippen MR) is 124 cm³/mol. The Hall–Kier alpha value is -3.28. The maximum Gasteiger partial charge on any atom is 0.282 e. The number of rotatable bonds is 5. The number of hydrogen-bond acceptors (Lipinski definition) is 4. The van der Waals surface area contributed by atoms with Crippen molar-refractivity contribution in [2.75, 3.05) is 17.3 Å². The first-order chi connectivity index (χ1) is 14.9. The predicted octanol–water partition coefficient (Wildman–Crippen LogP) is 5.71. The molecule has 7 heteroatoms. The Morgan fingerprint density at radius 2 is 1.45 bits per heavy atom. The van der Waals surface area contributed by atoms with E-state index in [2.05, 4.69) is 5.32 Å². The van der Waals surface area contributed by atoms with Gasteiger partial charge in [-0.05, 0) is 66.6 Å². The monoisotopic (exact) mass is 452 g/mol. The first-order valence-corrected chi connectivity index (χ1v) is 10.2. The fourth-order valence-corrected chi connectivity index (χ4v) is 3.66. The molecule has 1 N–H and O–H groups in total. The van der Waals surface area contributed by atoms with Crippen LogP contribution in [0.1, 0.15) is 11.1 Å². The number of methoxy groups -OCH3 is 1. The number of nitrogens with zero attached hydrogens (tertiary/aromatic N) is 1. The van der Waals surface area contributed by atoms with Gasteiger partial charge in [0, 0.05) is 10.0 Å². The summed E-state index contributed by atoms with van der Waals surface area (Å²) < 4.78 is 5.43. The van der Waals surface area contributed by atoms with E-state index in [-0.39, 0.29) is 11.3 Å². The standard InChI is InChI=1S/C24H18Cl2N2O3/c1-14-3-12-20(31-2)19(13-14)27-22-21(15-4-6-16(25)7-5-15)23(29)28(24(22)30)18-10-8-17(26)9-11-18/h3-13,27H,1-2H3. The summed E-state index contributed by atoms with van der Waals surface area (Å²) in [5, 5.41) is 4.18. The van der Waals surface area contributed by atoms with Crippen LogP contribution in [0.5, 0.6) is 5.75 Å². The summed E-state index contributed by atoms with van der Waals surface area (Å²) in [6.07, 6.45) is 0. The van der Waals surface area contributed by atoms with Crippen LogP contribution in [-0.2, 0) is 9.59 Å². The highest BCUT2D eigenvalue weighted by molar-refractivity contribution is 6.46. The molecular formula is C24H18Cl2N2O3. The fourth-order valence-electron chi connectivity index (χ4n) is 3.41. The van der Waals surface area contributed by atoms with Crippen molar-refractivity contribution in [2.24, 2.45) is 0 Å². The summed E-state index contributed by atoms with van der Waals surface area (Å²) >= 11 is 12.0. The zero-order chi connectivity index (χ0) is 22.1. The first-order valence-electron chi connectivity index (χ1n) is 9.45. The van der Waals surface area contributed by atoms with Gasteiger partial charge in [0.05, 0.1) is 24.1 Å². The van der Waals surface area contributed by atoms with Crippen molar-refractivity contribution >= 4 is 52.0 Å². The summed E-state index contributed by atoms with van der Waals surface area (Å²) in [6, 6.07) is 18.9. The van der Waals surface area contributed by atoms with E-state index in [1.807, 2.05) is 19.1 Å². The molecule has 1 aliphatic heterocycles. The summed E-state index contributed by atoms with van der Waals surface area (Å²) in [5.41, 5.74) is 2.98. The molecule has 0 unspecified atom stereocenters. The zero-order valence-electron chi connectivity index (χ0n) is 16.8. The Balaban J connectivity index is 1.85. The van der Waals surface area contributed by atoms with Gasteiger partial charge in [-0.25, -0.2) is 4.90 Å². The van der Waals surface area contributed by atoms with Gasteiger partial charge in [-0.1, -0.05) is 41.4 Å². The molecule has 156 valence electrons. The van der Waals surface area contributed by atoms with Crippen molar-refractivity contribution in [3.8, 4) is 5.75 Å². The van der Waals surface area contributed by atoms with Crippen LogP contribution in [-0.4, -0.2) is 18.9 Å². The van der Waals surface area contributed by atoms with E-state index in [9.17, 15) is 9.59 Å². The topological polar surface area (TPSA) is 58.6 Å². The SMILES string of the molecule is COc1ccc(C)cc1NC1=C(c2ccc(Cl)cc2)C(=O)N(c2ccc(Cl)cc2)C1=O. The van der Waals surface area contributed by atoms with Crippen LogP contribution in [0, 0.1) is 6.92 Å². The molecule has 0 saturated carbocycles. The number of ether oxygens (including phenoxy) is 1. The van der Waals surface area contributed by atoms with E-state index < -0.39 is 11.8 Å². The third-order valence-electron chi connectivity index (χ3n) is 4.92. The molecule has 2 amide bonds. The molecule has 31 heavy (non-hydrogen) atoms. The van der Waals surface area contributed by atoms with Crippen molar-refractivity contribution in [1.82, 2.24) is 0 Å². The molecule has 3 aromatic carbocycles. The minimum atomic E-state index is -0.471. The van der Waals surface area contributed by atoms with Crippen LogP contribution in [0.4, 0.5) is 11.4 Å². The molecule has 0 saturated heterocycles. The third kappa shape index (κ3) is 4.02. The molecule has 0 bridgehead atoms. The van der Waals surface area contributed by atoms with Gasteiger partial charge < -0.3 is 10.1 Å². The van der Waals surface area contributed by atoms with Crippen LogP contribution in [0.15, 0.2) is 72.4 Å². The number of benzene rings is 3. The second-order valence-corrected chi connectivity index (χ2v) is 7.88. The Morgan fingerprint density at radius 3 is 2.06 bits per heavy atom. The van der Waals surface area contributed by atoms with Crippen molar-refractivity contribution in [2.45, 2.75) is 6.92 Å². The van der Waals surface area contributed by atoms with Crippen LogP contribution in [0.3, 0.4) is 0 Å². The third-order valence-corrected chi connectivity index (χ3v) is 5.42. The summed E-state index contributed by atoms with van der Waals surface area (Å²) in [5.74, 6) is -0.358. The van der Waals surface area contributed by atoms with Crippen molar-refractivity contribution in [1.29, 1.82) is 0 Å². The molecule has 0 atom stereocenters. The highest BCUT2D eigenvalue weighted by Crippen LogP contribution is 2.36. The van der Waals surface area contributed by atoms with Gasteiger partial charge in [-0.3, -0.25) is 9.59 Å². The second-order valence-electron chi connectivity index (χ2n) is 7.01. The quantitative estimate of drug-likeness (QED) is 0.503. The van der Waals surface area contributed by atoms with E-state index in [1.54, 1.807) is 61.7 Å². The maximum absolute atomic E-state index is 13.4. The zero-order valence-corrected chi connectivity index (χ0v) is 18.3. The molecule has 1 aliphatic rings. The van der Waals surface area contributed by atoms with Crippen molar-refractivity contribution < 1.29 is 14.3 Å². The van der Waals surface area contributed by atoms with Gasteiger partial charge in [-0.15, -0.1) is 0 Å². The smallest absolute Gasteiger partial charge is 0.282 e. The highest BCUT2D eigenvalue weighted by atomic mass is 35.5.